The van der Waals surface area contributed by atoms with Crippen LogP contribution in [0.4, 0.5) is 5.69 Å². The number of hydrogen-bond acceptors (Lipinski definition) is 3. The third kappa shape index (κ3) is 1.49. The topological polar surface area (TPSA) is 49.5 Å². The number of hydrogen-bond donors (Lipinski definition) is 2. The minimum Gasteiger partial charge on any atom is -0.394 e. The summed E-state index contributed by atoms with van der Waals surface area (Å²) in [7, 11) is 2.09. The van der Waals surface area contributed by atoms with Gasteiger partial charge in [0.15, 0.2) is 0 Å². The molecule has 0 saturated heterocycles. The van der Waals surface area contributed by atoms with Crippen LogP contribution in [0.1, 0.15) is 17.2 Å². The predicted octanol–water partition coefficient (Wildman–Crippen LogP) is 0.671. The van der Waals surface area contributed by atoms with E-state index >= 15 is 0 Å². The lowest BCUT2D eigenvalue weighted by molar-refractivity contribution is 0.268. The first-order valence-corrected chi connectivity index (χ1v) is 4.93. The van der Waals surface area contributed by atoms with Gasteiger partial charge in [-0.2, -0.15) is 0 Å². The van der Waals surface area contributed by atoms with Crippen LogP contribution < -0.4 is 10.6 Å². The van der Waals surface area contributed by atoms with Gasteiger partial charge in [-0.25, -0.2) is 0 Å². The van der Waals surface area contributed by atoms with Crippen molar-refractivity contribution in [3.8, 4) is 0 Å². The van der Waals surface area contributed by atoms with Gasteiger partial charge in [0.25, 0.3) is 0 Å². The van der Waals surface area contributed by atoms with Gasteiger partial charge < -0.3 is 15.7 Å². The molecular formula is C11H16N2O. The minimum atomic E-state index is -0.244. The highest BCUT2D eigenvalue weighted by atomic mass is 16.3. The third-order valence-electron chi connectivity index (χ3n) is 2.86. The Hall–Kier alpha value is -1.06. The zero-order chi connectivity index (χ0) is 10.1. The molecule has 0 aromatic heterocycles. The van der Waals surface area contributed by atoms with E-state index in [-0.39, 0.29) is 12.6 Å². The van der Waals surface area contributed by atoms with E-state index in [0.29, 0.717) is 0 Å². The van der Waals surface area contributed by atoms with Gasteiger partial charge in [-0.3, -0.25) is 0 Å². The summed E-state index contributed by atoms with van der Waals surface area (Å²) in [5.74, 6) is 0. The average Bonchev–Trinajstić information content (AvgIpc) is 2.59. The predicted molar refractivity (Wildman–Crippen MR) is 57.4 cm³/mol. The molecule has 2 rings (SSSR count). The molecule has 0 fully saturated rings. The Morgan fingerprint density at radius 1 is 1.57 bits per heavy atom. The Morgan fingerprint density at radius 2 is 2.36 bits per heavy atom. The van der Waals surface area contributed by atoms with Crippen molar-refractivity contribution in [1.29, 1.82) is 0 Å². The molecule has 1 aromatic carbocycles. The highest BCUT2D eigenvalue weighted by molar-refractivity contribution is 5.58. The summed E-state index contributed by atoms with van der Waals surface area (Å²) < 4.78 is 0. The molecule has 1 aromatic rings. The van der Waals surface area contributed by atoms with Crippen LogP contribution in [0.5, 0.6) is 0 Å². The SMILES string of the molecule is CN1CCc2cc(C(N)CO)ccc21. The molecule has 0 radical (unpaired) electrons. The largest absolute Gasteiger partial charge is 0.394 e. The van der Waals surface area contributed by atoms with E-state index in [1.54, 1.807) is 0 Å². The lowest BCUT2D eigenvalue weighted by atomic mass is 10.0. The fraction of sp³-hybridized carbons (Fsp3) is 0.455. The molecule has 0 bridgehead atoms. The highest BCUT2D eigenvalue weighted by Crippen LogP contribution is 2.28. The molecule has 3 N–H and O–H groups in total. The second kappa shape index (κ2) is 3.59. The van der Waals surface area contributed by atoms with Gasteiger partial charge in [0.2, 0.25) is 0 Å². The van der Waals surface area contributed by atoms with Gasteiger partial charge in [0.1, 0.15) is 0 Å². The number of nitrogens with two attached hydrogens (primary N) is 1. The monoisotopic (exact) mass is 192 g/mol. The minimum absolute atomic E-state index is 0.00856. The quantitative estimate of drug-likeness (QED) is 0.724. The lowest BCUT2D eigenvalue weighted by Crippen LogP contribution is -2.15. The van der Waals surface area contributed by atoms with E-state index in [0.717, 1.165) is 18.5 Å². The van der Waals surface area contributed by atoms with Crippen molar-refractivity contribution in [2.75, 3.05) is 25.1 Å². The fourth-order valence-electron chi connectivity index (χ4n) is 1.92. The molecule has 1 unspecified atom stereocenters. The molecule has 14 heavy (non-hydrogen) atoms. The lowest BCUT2D eigenvalue weighted by Gasteiger charge is -2.14. The van der Waals surface area contributed by atoms with E-state index < -0.39 is 0 Å². The van der Waals surface area contributed by atoms with Crippen molar-refractivity contribution in [3.05, 3.63) is 29.3 Å². The van der Waals surface area contributed by atoms with Gasteiger partial charge >= 0.3 is 0 Å². The molecular weight excluding hydrogens is 176 g/mol. The molecule has 76 valence electrons. The van der Waals surface area contributed by atoms with Gasteiger partial charge in [0, 0.05) is 19.3 Å². The van der Waals surface area contributed by atoms with Crippen LogP contribution in [-0.2, 0) is 6.42 Å². The van der Waals surface area contributed by atoms with Crippen molar-refractivity contribution in [1.82, 2.24) is 0 Å². The van der Waals surface area contributed by atoms with E-state index in [4.69, 9.17) is 10.8 Å². The maximum Gasteiger partial charge on any atom is 0.0624 e. The normalized spacial score (nSPS) is 16.9. The maximum absolute atomic E-state index is 8.95. The van der Waals surface area contributed by atoms with Gasteiger partial charge in [0.05, 0.1) is 12.6 Å². The van der Waals surface area contributed by atoms with E-state index in [2.05, 4.69) is 24.1 Å². The number of aliphatic hydroxyl groups excluding tert-OH is 1. The molecule has 1 aliphatic heterocycles. The Labute approximate surface area is 84.1 Å². The first-order chi connectivity index (χ1) is 6.72. The Bertz CT molecular complexity index is 338. The maximum atomic E-state index is 8.95. The van der Waals surface area contributed by atoms with Crippen LogP contribution in [0.25, 0.3) is 0 Å². The zero-order valence-electron chi connectivity index (χ0n) is 8.40. The van der Waals surface area contributed by atoms with Crippen LogP contribution in [-0.4, -0.2) is 25.3 Å². The number of benzene rings is 1. The first kappa shape index (κ1) is 9.49. The van der Waals surface area contributed by atoms with E-state index in [1.165, 1.54) is 11.3 Å². The number of anilines is 1. The molecule has 1 heterocycles. The molecule has 1 atom stereocenters. The van der Waals surface area contributed by atoms with Crippen molar-refractivity contribution in [3.63, 3.8) is 0 Å². The number of fused-ring (bicyclic) bond motifs is 1. The molecule has 0 aliphatic carbocycles. The summed E-state index contributed by atoms with van der Waals surface area (Å²) in [4.78, 5) is 2.24. The van der Waals surface area contributed by atoms with Crippen LogP contribution in [0, 0.1) is 0 Å². The van der Waals surface area contributed by atoms with Gasteiger partial charge in [-0.15, -0.1) is 0 Å². The summed E-state index contributed by atoms with van der Waals surface area (Å²) in [6.45, 7) is 1.09. The molecule has 0 amide bonds. The number of rotatable bonds is 2. The number of likely N-dealkylation sites (N-methyl/N-ethyl adjacent to an activating group) is 1. The molecule has 1 aliphatic rings. The molecule has 3 heteroatoms. The summed E-state index contributed by atoms with van der Waals surface area (Å²) in [5, 5.41) is 8.95. The number of nitrogens with zero attached hydrogens (tertiary/aromatic N) is 1. The van der Waals surface area contributed by atoms with Crippen LogP contribution >= 0.6 is 0 Å². The highest BCUT2D eigenvalue weighted by Gasteiger charge is 2.16. The van der Waals surface area contributed by atoms with Gasteiger partial charge in [-0.1, -0.05) is 12.1 Å². The summed E-state index contributed by atoms with van der Waals surface area (Å²) >= 11 is 0. The van der Waals surface area contributed by atoms with Crippen LogP contribution in [0.3, 0.4) is 0 Å². The van der Waals surface area contributed by atoms with Crippen molar-refractivity contribution >= 4 is 5.69 Å². The smallest absolute Gasteiger partial charge is 0.0624 e. The Morgan fingerprint density at radius 3 is 3.07 bits per heavy atom. The first-order valence-electron chi connectivity index (χ1n) is 4.93. The van der Waals surface area contributed by atoms with Crippen molar-refractivity contribution in [2.45, 2.75) is 12.5 Å². The van der Waals surface area contributed by atoms with Crippen molar-refractivity contribution < 1.29 is 5.11 Å². The van der Waals surface area contributed by atoms with Gasteiger partial charge in [-0.05, 0) is 23.6 Å². The van der Waals surface area contributed by atoms with E-state index in [9.17, 15) is 0 Å². The zero-order valence-corrected chi connectivity index (χ0v) is 8.40. The third-order valence-corrected chi connectivity index (χ3v) is 2.86. The standard InChI is InChI=1S/C11H16N2O/c1-13-5-4-9-6-8(10(12)7-14)2-3-11(9)13/h2-3,6,10,14H,4-5,7,12H2,1H3. The van der Waals surface area contributed by atoms with Crippen LogP contribution in [0.2, 0.25) is 0 Å². The van der Waals surface area contributed by atoms with Crippen molar-refractivity contribution in [2.24, 2.45) is 5.73 Å². The number of aliphatic hydroxyl groups is 1. The summed E-state index contributed by atoms with van der Waals surface area (Å²) in [6, 6.07) is 5.96. The summed E-state index contributed by atoms with van der Waals surface area (Å²) in [6.07, 6.45) is 1.08. The molecule has 0 saturated carbocycles. The second-order valence-corrected chi connectivity index (χ2v) is 3.85. The molecule has 3 nitrogen and oxygen atoms in total. The molecule has 0 spiro atoms. The second-order valence-electron chi connectivity index (χ2n) is 3.85. The van der Waals surface area contributed by atoms with E-state index in [1.807, 2.05) is 6.07 Å². The summed E-state index contributed by atoms with van der Waals surface area (Å²) in [5.41, 5.74) is 9.42. The average molecular weight is 192 g/mol. The Balaban J connectivity index is 2.32. The van der Waals surface area contributed by atoms with Crippen LogP contribution in [0.15, 0.2) is 18.2 Å². The fourth-order valence-corrected chi connectivity index (χ4v) is 1.92. The Kier molecular flexibility index (Phi) is 2.44.